The molecule has 104 valence electrons. The summed E-state index contributed by atoms with van der Waals surface area (Å²) in [6, 6.07) is 0. The Morgan fingerprint density at radius 1 is 1.00 bits per heavy atom. The van der Waals surface area contributed by atoms with Crippen LogP contribution in [0.25, 0.3) is 0 Å². The van der Waals surface area contributed by atoms with Gasteiger partial charge in [-0.15, -0.1) is 0 Å². The van der Waals surface area contributed by atoms with Crippen LogP contribution < -0.4 is 11.5 Å². The molecule has 0 amide bonds. The average molecular weight is 274 g/mol. The first-order valence-electron chi connectivity index (χ1n) is 5.76. The molecule has 0 saturated carbocycles. The number of hydrogen-bond donors (Lipinski definition) is 2. The van der Waals surface area contributed by atoms with Crippen molar-refractivity contribution in [1.29, 1.82) is 0 Å². The van der Waals surface area contributed by atoms with E-state index in [-0.39, 0.29) is 0 Å². The minimum absolute atomic E-state index is 0.696. The van der Waals surface area contributed by atoms with Crippen LogP contribution in [0, 0.1) is 5.41 Å². The molecule has 0 aromatic carbocycles. The molecule has 1 saturated heterocycles. The van der Waals surface area contributed by atoms with E-state index >= 15 is 0 Å². The maximum absolute atomic E-state index is 12.1. The van der Waals surface area contributed by atoms with Crippen molar-refractivity contribution in [1.82, 2.24) is 0 Å². The van der Waals surface area contributed by atoms with E-state index < -0.39 is 33.2 Å². The fourth-order valence-electron chi connectivity index (χ4n) is 2.35. The van der Waals surface area contributed by atoms with Gasteiger partial charge in [-0.05, 0) is 25.5 Å². The molecular formula is C12H22N2O3S. The van der Waals surface area contributed by atoms with Gasteiger partial charge in [0, 0.05) is 4.75 Å². The minimum atomic E-state index is -1.56. The first-order valence-corrected chi connectivity index (χ1v) is 6.98. The van der Waals surface area contributed by atoms with E-state index in [4.69, 9.17) is 16.2 Å². The number of rotatable bonds is 2. The summed E-state index contributed by atoms with van der Waals surface area (Å²) in [7, 11) is 0. The normalized spacial score (nSPS) is 33.8. The molecule has 0 bridgehead atoms. The summed E-state index contributed by atoms with van der Waals surface area (Å²) in [5.74, 6) is -1.49. The molecule has 0 radical (unpaired) electrons. The van der Waals surface area contributed by atoms with Crippen molar-refractivity contribution < 1.29 is 14.3 Å². The molecule has 1 rings (SSSR count). The van der Waals surface area contributed by atoms with Crippen molar-refractivity contribution >= 4 is 23.7 Å². The van der Waals surface area contributed by atoms with Gasteiger partial charge in [0.1, 0.15) is 0 Å². The SMILES string of the molecule is CSC(C)(C)C1(N)C(=O)OC(=O)C1(N)C(C)(C)C. The first-order chi connectivity index (χ1) is 7.86. The lowest BCUT2D eigenvalue weighted by molar-refractivity contribution is -0.155. The van der Waals surface area contributed by atoms with Gasteiger partial charge in [0.25, 0.3) is 0 Å². The Morgan fingerprint density at radius 2 is 1.39 bits per heavy atom. The predicted molar refractivity (Wildman–Crippen MR) is 72.0 cm³/mol. The smallest absolute Gasteiger partial charge is 0.337 e. The summed E-state index contributed by atoms with van der Waals surface area (Å²) in [5.41, 5.74) is 8.77. The fourth-order valence-corrected chi connectivity index (χ4v) is 2.91. The lowest BCUT2D eigenvalue weighted by Gasteiger charge is -2.50. The summed E-state index contributed by atoms with van der Waals surface area (Å²) in [5, 5.41) is 0. The molecule has 1 aliphatic heterocycles. The maximum Gasteiger partial charge on any atom is 0.337 e. The molecule has 2 unspecified atom stereocenters. The van der Waals surface area contributed by atoms with Crippen molar-refractivity contribution in [3.63, 3.8) is 0 Å². The first kappa shape index (κ1) is 15.5. The van der Waals surface area contributed by atoms with Gasteiger partial charge in [0.15, 0.2) is 11.1 Å². The Kier molecular flexibility index (Phi) is 3.39. The van der Waals surface area contributed by atoms with E-state index in [0.717, 1.165) is 0 Å². The molecule has 1 aliphatic rings. The molecule has 18 heavy (non-hydrogen) atoms. The van der Waals surface area contributed by atoms with E-state index in [9.17, 15) is 9.59 Å². The van der Waals surface area contributed by atoms with Crippen LogP contribution in [0.15, 0.2) is 0 Å². The fraction of sp³-hybridized carbons (Fsp3) is 0.833. The number of esters is 2. The molecule has 5 nitrogen and oxygen atoms in total. The quantitative estimate of drug-likeness (QED) is 0.567. The standard InChI is InChI=1S/C12H22N2O3S/c1-9(2,3)11(13)7(15)17-8(16)12(11,14)10(4,5)18-6/h13-14H2,1-6H3. The number of cyclic esters (lactones) is 2. The van der Waals surface area contributed by atoms with Crippen molar-refractivity contribution in [3.8, 4) is 0 Å². The lowest BCUT2D eigenvalue weighted by atomic mass is 9.60. The zero-order valence-electron chi connectivity index (χ0n) is 11.8. The highest BCUT2D eigenvalue weighted by atomic mass is 32.2. The summed E-state index contributed by atoms with van der Waals surface area (Å²) in [6.45, 7) is 8.94. The number of thioether (sulfide) groups is 1. The highest BCUT2D eigenvalue weighted by Gasteiger charge is 2.74. The molecule has 1 heterocycles. The second-order valence-corrected chi connectivity index (χ2v) is 7.69. The number of ether oxygens (including phenoxy) is 1. The Labute approximate surface area is 112 Å². The Balaban J connectivity index is 3.58. The van der Waals surface area contributed by atoms with Gasteiger partial charge in [-0.1, -0.05) is 20.8 Å². The molecule has 4 N–H and O–H groups in total. The number of carbonyl (C=O) groups is 2. The zero-order chi connectivity index (χ0) is 14.6. The van der Waals surface area contributed by atoms with Crippen molar-refractivity contribution in [2.75, 3.05) is 6.26 Å². The van der Waals surface area contributed by atoms with Crippen LogP contribution in [-0.4, -0.2) is 34.0 Å². The molecule has 6 heteroatoms. The van der Waals surface area contributed by atoms with Crippen LogP contribution in [0.5, 0.6) is 0 Å². The zero-order valence-corrected chi connectivity index (χ0v) is 12.6. The average Bonchev–Trinajstić information content (AvgIpc) is 2.41. The summed E-state index contributed by atoms with van der Waals surface area (Å²) in [4.78, 5) is 24.2. The third-order valence-corrected chi connectivity index (χ3v) is 5.44. The van der Waals surface area contributed by atoms with Crippen molar-refractivity contribution in [3.05, 3.63) is 0 Å². The van der Waals surface area contributed by atoms with Gasteiger partial charge in [-0.2, -0.15) is 11.8 Å². The number of carbonyl (C=O) groups excluding carboxylic acids is 2. The highest BCUT2D eigenvalue weighted by Crippen LogP contribution is 2.50. The Hall–Kier alpha value is -0.590. The summed E-state index contributed by atoms with van der Waals surface area (Å²) in [6.07, 6.45) is 1.83. The highest BCUT2D eigenvalue weighted by molar-refractivity contribution is 8.00. The molecule has 0 spiro atoms. The topological polar surface area (TPSA) is 95.4 Å². The van der Waals surface area contributed by atoms with Crippen LogP contribution >= 0.6 is 11.8 Å². The van der Waals surface area contributed by atoms with E-state index in [1.54, 1.807) is 34.6 Å². The predicted octanol–water partition coefficient (Wildman–Crippen LogP) is 0.653. The van der Waals surface area contributed by atoms with Gasteiger partial charge in [-0.3, -0.25) is 0 Å². The third-order valence-electron chi connectivity index (χ3n) is 4.09. The Bertz CT molecular complexity index is 403. The van der Waals surface area contributed by atoms with Gasteiger partial charge in [0.05, 0.1) is 0 Å². The van der Waals surface area contributed by atoms with E-state index in [1.807, 2.05) is 6.26 Å². The number of hydrogen-bond acceptors (Lipinski definition) is 6. The molecule has 2 atom stereocenters. The molecule has 1 fully saturated rings. The Morgan fingerprint density at radius 3 is 1.72 bits per heavy atom. The second kappa shape index (κ2) is 3.95. The molecule has 0 aromatic heterocycles. The second-order valence-electron chi connectivity index (χ2n) is 6.26. The van der Waals surface area contributed by atoms with Crippen molar-refractivity contribution in [2.45, 2.75) is 50.4 Å². The molecule has 0 aliphatic carbocycles. The van der Waals surface area contributed by atoms with E-state index in [2.05, 4.69) is 0 Å². The monoisotopic (exact) mass is 274 g/mol. The molecule has 0 aromatic rings. The maximum atomic E-state index is 12.1. The summed E-state index contributed by atoms with van der Waals surface area (Å²) >= 11 is 1.39. The van der Waals surface area contributed by atoms with Crippen LogP contribution in [0.4, 0.5) is 0 Å². The largest absolute Gasteiger partial charge is 0.390 e. The van der Waals surface area contributed by atoms with Crippen LogP contribution in [0.1, 0.15) is 34.6 Å². The van der Waals surface area contributed by atoms with E-state index in [0.29, 0.717) is 0 Å². The van der Waals surface area contributed by atoms with Gasteiger partial charge >= 0.3 is 11.9 Å². The minimum Gasteiger partial charge on any atom is -0.390 e. The summed E-state index contributed by atoms with van der Waals surface area (Å²) < 4.78 is 4.04. The lowest BCUT2D eigenvalue weighted by Crippen LogP contribution is -2.79. The van der Waals surface area contributed by atoms with Gasteiger partial charge in [0.2, 0.25) is 0 Å². The number of nitrogens with two attached hydrogens (primary N) is 2. The van der Waals surface area contributed by atoms with Crippen LogP contribution in [0.2, 0.25) is 0 Å². The van der Waals surface area contributed by atoms with Crippen LogP contribution in [0.3, 0.4) is 0 Å². The van der Waals surface area contributed by atoms with Gasteiger partial charge in [-0.25, -0.2) is 9.59 Å². The van der Waals surface area contributed by atoms with E-state index in [1.165, 1.54) is 11.8 Å². The third kappa shape index (κ3) is 1.55. The van der Waals surface area contributed by atoms with Gasteiger partial charge < -0.3 is 16.2 Å². The van der Waals surface area contributed by atoms with Crippen LogP contribution in [-0.2, 0) is 14.3 Å². The molecular weight excluding hydrogens is 252 g/mol. The van der Waals surface area contributed by atoms with Crippen molar-refractivity contribution in [2.24, 2.45) is 16.9 Å².